The van der Waals surface area contributed by atoms with Crippen LogP contribution in [0.3, 0.4) is 0 Å². The number of aromatic nitrogens is 2. The van der Waals surface area contributed by atoms with Crippen LogP contribution in [0.1, 0.15) is 12.2 Å². The summed E-state index contributed by atoms with van der Waals surface area (Å²) in [5.41, 5.74) is 0. The van der Waals surface area contributed by atoms with E-state index in [1.54, 1.807) is 7.11 Å². The third kappa shape index (κ3) is 5.00. The van der Waals surface area contributed by atoms with E-state index in [9.17, 15) is 0 Å². The lowest BCUT2D eigenvalue weighted by Crippen LogP contribution is -3.61. The zero-order valence-corrected chi connectivity index (χ0v) is 17.6. The van der Waals surface area contributed by atoms with Gasteiger partial charge >= 0.3 is 21.2 Å². The quantitative estimate of drug-likeness (QED) is 0.271. The molecule has 0 amide bonds. The van der Waals surface area contributed by atoms with Gasteiger partial charge < -0.3 is 9.47 Å². The zero-order valence-electron chi connectivity index (χ0n) is 15.5. The molecule has 0 bridgehead atoms. The molecule has 0 aliphatic rings. The van der Waals surface area contributed by atoms with Gasteiger partial charge in [-0.2, -0.15) is 0 Å². The Balaban J connectivity index is 1.45. The van der Waals surface area contributed by atoms with Crippen molar-refractivity contribution < 1.29 is 35.2 Å². The van der Waals surface area contributed by atoms with Gasteiger partial charge in [0.05, 0.1) is 27.3 Å². The number of halogens is 1. The fourth-order valence-electron chi connectivity index (χ4n) is 2.61. The third-order valence-electron chi connectivity index (χ3n) is 4.29. The van der Waals surface area contributed by atoms with Gasteiger partial charge in [-0.25, -0.2) is 9.13 Å². The molecule has 0 radical (unpaired) electrons. The molecular weight excluding hydrogens is 439 g/mol. The topological polar surface area (TPSA) is 27.3 Å². The molecule has 4 nitrogen and oxygen atoms in total. The Kier molecular flexibility index (Phi) is 6.55. The maximum Gasteiger partial charge on any atom is 0.357 e. The number of benzene rings is 2. The molecule has 0 N–H and O–H groups in total. The van der Waals surface area contributed by atoms with Crippen LogP contribution in [-0.2, 0) is 13.6 Å². The summed E-state index contributed by atoms with van der Waals surface area (Å²) in [5.74, 6) is 3.12. The molecule has 0 fully saturated rings. The smallest absolute Gasteiger partial charge is 0.357 e. The van der Waals surface area contributed by atoms with E-state index < -0.39 is 0 Å². The number of ether oxygens (including phenoxy) is 2. The van der Waals surface area contributed by atoms with E-state index in [4.69, 9.17) is 9.47 Å². The molecular formula is C21H25IN2O2+2. The van der Waals surface area contributed by atoms with Crippen molar-refractivity contribution in [1.82, 2.24) is 4.57 Å². The van der Waals surface area contributed by atoms with E-state index in [-0.39, 0.29) is 21.2 Å². The molecule has 136 valence electrons. The van der Waals surface area contributed by atoms with Crippen molar-refractivity contribution in [1.29, 1.82) is 0 Å². The third-order valence-corrected chi connectivity index (χ3v) is 6.97. The molecule has 0 saturated carbocycles. The monoisotopic (exact) mass is 464 g/mol. The van der Waals surface area contributed by atoms with E-state index in [2.05, 4.69) is 71.9 Å². The van der Waals surface area contributed by atoms with Crippen LogP contribution in [0.2, 0.25) is 0 Å². The van der Waals surface area contributed by atoms with Gasteiger partial charge in [0.15, 0.2) is 7.14 Å². The summed E-state index contributed by atoms with van der Waals surface area (Å²) in [6.07, 6.45) is 5.20. The predicted octanol–water partition coefficient (Wildman–Crippen LogP) is 0.227. The first-order valence-corrected chi connectivity index (χ1v) is 10.8. The van der Waals surface area contributed by atoms with Gasteiger partial charge in [-0.15, -0.1) is 0 Å². The molecule has 0 aliphatic heterocycles. The van der Waals surface area contributed by atoms with Crippen molar-refractivity contribution in [2.75, 3.05) is 13.7 Å². The fourth-order valence-corrected chi connectivity index (χ4v) is 4.77. The molecule has 2 aromatic carbocycles. The Morgan fingerprint density at radius 1 is 0.962 bits per heavy atom. The van der Waals surface area contributed by atoms with Gasteiger partial charge in [-0.05, 0) is 48.5 Å². The zero-order chi connectivity index (χ0) is 18.4. The minimum atomic E-state index is -0.168. The Morgan fingerprint density at radius 3 is 2.12 bits per heavy atom. The molecule has 0 atom stereocenters. The lowest BCUT2D eigenvalue weighted by Gasteiger charge is -2.05. The second-order valence-electron chi connectivity index (χ2n) is 6.06. The van der Waals surface area contributed by atoms with Crippen molar-refractivity contribution in [3.8, 4) is 11.5 Å². The number of methoxy groups -OCH3 is 1. The number of hydrogen-bond acceptors (Lipinski definition) is 2. The van der Waals surface area contributed by atoms with Crippen molar-refractivity contribution in [3.63, 3.8) is 0 Å². The van der Waals surface area contributed by atoms with Crippen molar-refractivity contribution >= 4 is 0 Å². The van der Waals surface area contributed by atoms with E-state index in [1.807, 2.05) is 12.1 Å². The van der Waals surface area contributed by atoms with Crippen LogP contribution in [0, 0.1) is 14.1 Å². The van der Waals surface area contributed by atoms with E-state index >= 15 is 0 Å². The summed E-state index contributed by atoms with van der Waals surface area (Å²) in [6.45, 7) is 3.84. The van der Waals surface area contributed by atoms with Gasteiger partial charge in [0.2, 0.25) is 0 Å². The molecule has 1 heterocycles. The summed E-state index contributed by atoms with van der Waals surface area (Å²) < 4.78 is 18.3. The van der Waals surface area contributed by atoms with E-state index in [0.29, 0.717) is 0 Å². The SMILES string of the molecule is COc1ccc([I+]c2ccc(OCCCn3cc[n+](C)c3C)cc2)cc1. The van der Waals surface area contributed by atoms with Crippen LogP contribution in [0.5, 0.6) is 11.5 Å². The molecule has 0 saturated heterocycles. The minimum Gasteiger partial charge on any atom is -0.497 e. The highest BCUT2D eigenvalue weighted by Gasteiger charge is 2.15. The van der Waals surface area contributed by atoms with Gasteiger partial charge in [0.25, 0.3) is 5.82 Å². The lowest BCUT2D eigenvalue weighted by atomic mass is 10.3. The summed E-state index contributed by atoms with van der Waals surface area (Å²) in [7, 11) is 3.76. The van der Waals surface area contributed by atoms with E-state index in [0.717, 1.165) is 31.1 Å². The Morgan fingerprint density at radius 2 is 1.58 bits per heavy atom. The van der Waals surface area contributed by atoms with Gasteiger partial charge in [0, 0.05) is 13.3 Å². The Labute approximate surface area is 165 Å². The summed E-state index contributed by atoms with van der Waals surface area (Å²) in [4.78, 5) is 0. The number of aryl methyl sites for hydroxylation is 2. The first-order valence-electron chi connectivity index (χ1n) is 8.69. The van der Waals surface area contributed by atoms with Gasteiger partial charge in [-0.1, -0.05) is 0 Å². The first-order chi connectivity index (χ1) is 12.7. The van der Waals surface area contributed by atoms with Crippen molar-refractivity contribution in [3.05, 3.63) is 73.9 Å². The maximum absolute atomic E-state index is 5.89. The summed E-state index contributed by atoms with van der Waals surface area (Å²) in [6, 6.07) is 16.9. The second kappa shape index (κ2) is 9.07. The maximum atomic E-state index is 5.89. The van der Waals surface area contributed by atoms with Crippen LogP contribution >= 0.6 is 0 Å². The predicted molar refractivity (Wildman–Crippen MR) is 97.3 cm³/mol. The molecule has 26 heavy (non-hydrogen) atoms. The number of rotatable bonds is 8. The highest BCUT2D eigenvalue weighted by molar-refractivity contribution is 5.22. The molecule has 0 unspecified atom stereocenters. The summed E-state index contributed by atoms with van der Waals surface area (Å²) >= 11 is -0.168. The molecule has 0 spiro atoms. The molecule has 3 rings (SSSR count). The van der Waals surface area contributed by atoms with Crippen molar-refractivity contribution in [2.45, 2.75) is 19.9 Å². The van der Waals surface area contributed by atoms with Crippen molar-refractivity contribution in [2.24, 2.45) is 7.05 Å². The lowest BCUT2D eigenvalue weighted by molar-refractivity contribution is -0.677. The molecule has 1 aromatic heterocycles. The van der Waals surface area contributed by atoms with Crippen LogP contribution < -0.4 is 35.2 Å². The standard InChI is InChI=1S/C21H25IN2O2/c1-17-23(2)14-15-24(17)13-4-16-26-21-11-7-19(8-12-21)22-18-5-9-20(25-3)10-6-18/h5-12,14-15H,4,13,16H2,1-3H3/q+2. The Bertz CT molecular complexity index is 826. The van der Waals surface area contributed by atoms with Crippen LogP contribution in [0.25, 0.3) is 0 Å². The minimum absolute atomic E-state index is 0.168. The first kappa shape index (κ1) is 18.8. The highest BCUT2D eigenvalue weighted by Crippen LogP contribution is 2.09. The average Bonchev–Trinajstić information content (AvgIpc) is 2.99. The van der Waals surface area contributed by atoms with E-state index in [1.165, 1.54) is 13.0 Å². The van der Waals surface area contributed by atoms with Crippen LogP contribution in [0.15, 0.2) is 60.9 Å². The molecule has 5 heteroatoms. The Hall–Kier alpha value is -2.02. The number of nitrogens with zero attached hydrogens (tertiary/aromatic N) is 2. The van der Waals surface area contributed by atoms with Crippen LogP contribution in [0.4, 0.5) is 0 Å². The summed E-state index contributed by atoms with van der Waals surface area (Å²) in [5, 5.41) is 0. The average molecular weight is 464 g/mol. The normalized spacial score (nSPS) is 10.7. The van der Waals surface area contributed by atoms with Crippen LogP contribution in [-0.4, -0.2) is 18.3 Å². The largest absolute Gasteiger partial charge is 0.497 e. The number of hydrogen-bond donors (Lipinski definition) is 0. The second-order valence-corrected chi connectivity index (χ2v) is 9.09. The fraction of sp³-hybridized carbons (Fsp3) is 0.286. The number of imidazole rings is 1. The highest BCUT2D eigenvalue weighted by atomic mass is 127. The van der Waals surface area contributed by atoms with Gasteiger partial charge in [0.1, 0.15) is 23.9 Å². The van der Waals surface area contributed by atoms with Gasteiger partial charge in [-0.3, -0.25) is 0 Å². The molecule has 3 aromatic rings. The molecule has 0 aliphatic carbocycles.